The lowest BCUT2D eigenvalue weighted by Gasteiger charge is -2.15. The van der Waals surface area contributed by atoms with Gasteiger partial charge < -0.3 is 19.8 Å². The lowest BCUT2D eigenvalue weighted by molar-refractivity contribution is -0.117. The van der Waals surface area contributed by atoms with E-state index >= 15 is 0 Å². The fraction of sp³-hybridized carbons (Fsp3) is 0.152. The fourth-order valence-corrected chi connectivity index (χ4v) is 5.40. The number of H-pyrrole nitrogens is 1. The zero-order valence-corrected chi connectivity index (χ0v) is 24.2. The van der Waals surface area contributed by atoms with Crippen molar-refractivity contribution >= 4 is 56.2 Å². The minimum Gasteiger partial charge on any atom is -0.490 e. The first kappa shape index (κ1) is 27.3. The largest absolute Gasteiger partial charge is 0.490 e. The van der Waals surface area contributed by atoms with Gasteiger partial charge >= 0.3 is 0 Å². The zero-order valence-electron chi connectivity index (χ0n) is 22.0. The monoisotopic (exact) mass is 641 g/mol. The molecule has 0 unspecified atom stereocenters. The van der Waals surface area contributed by atoms with E-state index in [0.717, 1.165) is 31.0 Å². The van der Waals surface area contributed by atoms with Gasteiger partial charge in [-0.05, 0) is 93.7 Å². The normalized spacial score (nSPS) is 11.4. The quantitative estimate of drug-likeness (QED) is 0.0962. The van der Waals surface area contributed by atoms with Crippen molar-refractivity contribution in [3.63, 3.8) is 0 Å². The summed E-state index contributed by atoms with van der Waals surface area (Å²) in [5.41, 5.74) is 3.95. The summed E-state index contributed by atoms with van der Waals surface area (Å²) in [6.45, 7) is 3.17. The van der Waals surface area contributed by atoms with Crippen LogP contribution < -0.4 is 14.8 Å². The predicted octanol–water partition coefficient (Wildman–Crippen LogP) is 7.17. The second kappa shape index (κ2) is 12.7. The van der Waals surface area contributed by atoms with Crippen molar-refractivity contribution in [3.05, 3.63) is 111 Å². The van der Waals surface area contributed by atoms with E-state index in [0.29, 0.717) is 43.2 Å². The molecule has 0 radical (unpaired) electrons. The Bertz CT molecular complexity index is 1750. The summed E-state index contributed by atoms with van der Waals surface area (Å²) in [5, 5.41) is 16.1. The molecule has 0 aliphatic carbocycles. The van der Waals surface area contributed by atoms with E-state index in [1.165, 1.54) is 5.39 Å². The molecule has 0 aliphatic heterocycles. The molecule has 2 N–H and O–H groups in total. The van der Waals surface area contributed by atoms with Crippen molar-refractivity contribution in [2.45, 2.75) is 20.0 Å². The molecule has 0 saturated heterocycles. The van der Waals surface area contributed by atoms with E-state index in [9.17, 15) is 10.1 Å². The van der Waals surface area contributed by atoms with Gasteiger partial charge in [-0.25, -0.2) is 0 Å². The number of carbonyl (C=O) groups is 1. The summed E-state index contributed by atoms with van der Waals surface area (Å²) in [6, 6.07) is 28.3. The Balaban J connectivity index is 1.28. The van der Waals surface area contributed by atoms with Crippen LogP contribution in [0.5, 0.6) is 11.5 Å². The van der Waals surface area contributed by atoms with Crippen LogP contribution in [-0.4, -0.2) is 24.0 Å². The van der Waals surface area contributed by atoms with Crippen LogP contribution in [0.2, 0.25) is 0 Å². The van der Waals surface area contributed by atoms with Crippen LogP contribution in [0, 0.1) is 14.9 Å². The number of carbonyl (C=O) groups excluding carboxylic acids is 1. The molecule has 1 aromatic heterocycles. The predicted molar refractivity (Wildman–Crippen MR) is 167 cm³/mol. The van der Waals surface area contributed by atoms with Gasteiger partial charge in [0.05, 0.1) is 10.2 Å². The Labute approximate surface area is 246 Å². The highest BCUT2D eigenvalue weighted by Crippen LogP contribution is 2.35. The Morgan fingerprint density at radius 1 is 1.02 bits per heavy atom. The summed E-state index contributed by atoms with van der Waals surface area (Å²) in [4.78, 5) is 16.1. The van der Waals surface area contributed by atoms with Gasteiger partial charge in [-0.15, -0.1) is 0 Å². The summed E-state index contributed by atoms with van der Waals surface area (Å²) in [5.74, 6) is 0.792. The number of amides is 1. The first-order chi connectivity index (χ1) is 19.6. The number of fused-ring (bicyclic) bond motifs is 2. The maximum absolute atomic E-state index is 12.8. The summed E-state index contributed by atoms with van der Waals surface area (Å²) in [6.07, 6.45) is 4.20. The summed E-state index contributed by atoms with van der Waals surface area (Å²) < 4.78 is 12.9. The Morgan fingerprint density at radius 2 is 1.82 bits per heavy atom. The van der Waals surface area contributed by atoms with Gasteiger partial charge in [-0.3, -0.25) is 4.79 Å². The fourth-order valence-electron chi connectivity index (χ4n) is 4.62. The van der Waals surface area contributed by atoms with E-state index in [2.05, 4.69) is 69.3 Å². The number of aromatic amines is 1. The van der Waals surface area contributed by atoms with Crippen LogP contribution in [0.4, 0.5) is 0 Å². The van der Waals surface area contributed by atoms with Gasteiger partial charge in [-0.2, -0.15) is 5.26 Å². The van der Waals surface area contributed by atoms with Crippen LogP contribution in [0.3, 0.4) is 0 Å². The minimum absolute atomic E-state index is 0.0296. The molecule has 4 aromatic carbocycles. The molecule has 0 spiro atoms. The van der Waals surface area contributed by atoms with E-state index in [1.807, 2.05) is 55.6 Å². The molecular formula is C33H28IN3O3. The summed E-state index contributed by atoms with van der Waals surface area (Å²) >= 11 is 2.20. The number of halogens is 1. The maximum Gasteiger partial charge on any atom is 0.261 e. The Morgan fingerprint density at radius 3 is 2.65 bits per heavy atom. The second-order valence-electron chi connectivity index (χ2n) is 9.27. The number of para-hydroxylation sites is 1. The van der Waals surface area contributed by atoms with E-state index in [1.54, 1.807) is 12.1 Å². The average molecular weight is 642 g/mol. The van der Waals surface area contributed by atoms with Crippen molar-refractivity contribution < 1.29 is 14.3 Å². The standard InChI is InChI=1S/C33H28IN3O3/c1-2-39-31-18-23(17-29(34)32(31)40-21-22-11-12-24-7-3-4-8-25(24)15-22)16-27(19-35)33(38)36-14-13-26-20-37-30-10-6-5-9-28(26)30/h3-12,15-18,20,37H,2,13-14,21H2,1H3,(H,36,38)/b27-16-. The number of hydrogen-bond donors (Lipinski definition) is 2. The molecular weight excluding hydrogens is 613 g/mol. The number of nitrogens with one attached hydrogen (secondary N) is 2. The molecule has 5 rings (SSSR count). The van der Waals surface area contributed by atoms with Crippen molar-refractivity contribution in [1.82, 2.24) is 10.3 Å². The Hall–Kier alpha value is -4.29. The van der Waals surface area contributed by atoms with Crippen LogP contribution in [0.15, 0.2) is 90.6 Å². The van der Waals surface area contributed by atoms with Crippen molar-refractivity contribution in [1.29, 1.82) is 5.26 Å². The van der Waals surface area contributed by atoms with Gasteiger partial charge in [-0.1, -0.05) is 54.6 Å². The first-order valence-corrected chi connectivity index (χ1v) is 14.2. The molecule has 6 nitrogen and oxygen atoms in total. The third-order valence-corrected chi connectivity index (χ3v) is 7.36. The third-order valence-electron chi connectivity index (χ3n) is 6.56. The molecule has 0 atom stereocenters. The topological polar surface area (TPSA) is 87.1 Å². The van der Waals surface area contributed by atoms with E-state index in [-0.39, 0.29) is 5.57 Å². The molecule has 1 heterocycles. The van der Waals surface area contributed by atoms with Gasteiger partial charge in [0.25, 0.3) is 5.91 Å². The first-order valence-electron chi connectivity index (χ1n) is 13.1. The highest BCUT2D eigenvalue weighted by molar-refractivity contribution is 14.1. The molecule has 5 aromatic rings. The molecule has 1 amide bonds. The van der Waals surface area contributed by atoms with Crippen LogP contribution >= 0.6 is 22.6 Å². The van der Waals surface area contributed by atoms with E-state index in [4.69, 9.17) is 9.47 Å². The minimum atomic E-state index is -0.410. The number of nitrogens with zero attached hydrogens (tertiary/aromatic N) is 1. The van der Waals surface area contributed by atoms with Gasteiger partial charge in [0.1, 0.15) is 18.2 Å². The van der Waals surface area contributed by atoms with E-state index < -0.39 is 5.91 Å². The van der Waals surface area contributed by atoms with Crippen molar-refractivity contribution in [2.75, 3.05) is 13.2 Å². The maximum atomic E-state index is 12.8. The van der Waals surface area contributed by atoms with Crippen molar-refractivity contribution in [3.8, 4) is 17.6 Å². The molecule has 0 fully saturated rings. The number of nitriles is 1. The number of benzene rings is 4. The number of rotatable bonds is 10. The van der Waals surface area contributed by atoms with Gasteiger partial charge in [0, 0.05) is 23.6 Å². The molecule has 0 bridgehead atoms. The van der Waals surface area contributed by atoms with Gasteiger partial charge in [0.15, 0.2) is 11.5 Å². The Kier molecular flexibility index (Phi) is 8.67. The SMILES string of the molecule is CCOc1cc(/C=C(/C#N)C(=O)NCCc2c[nH]c3ccccc23)cc(I)c1OCc1ccc2ccccc2c1. The number of hydrogen-bond acceptors (Lipinski definition) is 4. The lowest BCUT2D eigenvalue weighted by Crippen LogP contribution is -2.26. The second-order valence-corrected chi connectivity index (χ2v) is 10.4. The average Bonchev–Trinajstić information content (AvgIpc) is 3.38. The number of aromatic nitrogens is 1. The lowest BCUT2D eigenvalue weighted by atomic mass is 10.1. The molecule has 200 valence electrons. The molecule has 40 heavy (non-hydrogen) atoms. The molecule has 0 saturated carbocycles. The smallest absolute Gasteiger partial charge is 0.261 e. The molecule has 7 heteroatoms. The van der Waals surface area contributed by atoms with Crippen LogP contribution in [0.1, 0.15) is 23.6 Å². The van der Waals surface area contributed by atoms with Gasteiger partial charge in [0.2, 0.25) is 0 Å². The number of ether oxygens (including phenoxy) is 2. The summed E-state index contributed by atoms with van der Waals surface area (Å²) in [7, 11) is 0. The van der Waals surface area contributed by atoms with Crippen molar-refractivity contribution in [2.24, 2.45) is 0 Å². The third kappa shape index (κ3) is 6.29. The highest BCUT2D eigenvalue weighted by Gasteiger charge is 2.15. The molecule has 0 aliphatic rings. The van der Waals surface area contributed by atoms with Crippen LogP contribution in [0.25, 0.3) is 27.8 Å². The zero-order chi connectivity index (χ0) is 27.9. The highest BCUT2D eigenvalue weighted by atomic mass is 127. The van der Waals surface area contributed by atoms with Crippen LogP contribution in [-0.2, 0) is 17.8 Å².